The summed E-state index contributed by atoms with van der Waals surface area (Å²) in [5.74, 6) is 1.05. The minimum atomic E-state index is -0.239. The third-order valence-electron chi connectivity index (χ3n) is 9.59. The highest BCUT2D eigenvalue weighted by Gasteiger charge is 2.99. The van der Waals surface area contributed by atoms with Crippen molar-refractivity contribution in [1.82, 2.24) is 0 Å². The molecule has 7 rings (SSSR count). The Morgan fingerprint density at radius 1 is 1.15 bits per heavy atom. The van der Waals surface area contributed by atoms with E-state index in [1.807, 2.05) is 0 Å². The molecule has 0 bridgehead atoms. The quantitative estimate of drug-likeness (QED) is 0.532. The van der Waals surface area contributed by atoms with Gasteiger partial charge in [-0.25, -0.2) is 4.79 Å². The Kier molecular flexibility index (Phi) is 2.21. The molecule has 7 aliphatic rings. The normalized spacial score (nSPS) is 63.1. The standard InChI is InChI=1S/C21H26O5/c1-9(2)19-10(3)20-14(24-20)7-13-12-8-23-17(22)11(12)5-6-18(13,4)21(20)16(26-21)15(19)25-19/h9-10,13-16H,5-8H2,1-4H3. The first-order chi connectivity index (χ1) is 12.3. The first kappa shape index (κ1) is 15.1. The van der Waals surface area contributed by atoms with Gasteiger partial charge in [-0.15, -0.1) is 0 Å². The van der Waals surface area contributed by atoms with Gasteiger partial charge >= 0.3 is 5.97 Å². The summed E-state index contributed by atoms with van der Waals surface area (Å²) in [7, 11) is 0. The minimum Gasteiger partial charge on any atom is -0.458 e. The number of fused-ring (bicyclic) bond motifs is 4. The van der Waals surface area contributed by atoms with Crippen LogP contribution in [0, 0.1) is 23.2 Å². The van der Waals surface area contributed by atoms with Gasteiger partial charge in [-0.05, 0) is 36.7 Å². The number of carbonyl (C=O) groups excluding carboxylic acids is 1. The lowest BCUT2D eigenvalue weighted by molar-refractivity contribution is -0.136. The van der Waals surface area contributed by atoms with Gasteiger partial charge in [0.15, 0.2) is 0 Å². The van der Waals surface area contributed by atoms with Crippen molar-refractivity contribution < 1.29 is 23.7 Å². The third-order valence-corrected chi connectivity index (χ3v) is 9.59. The van der Waals surface area contributed by atoms with Crippen molar-refractivity contribution >= 4 is 5.97 Å². The predicted molar refractivity (Wildman–Crippen MR) is 90.2 cm³/mol. The van der Waals surface area contributed by atoms with Gasteiger partial charge in [-0.3, -0.25) is 0 Å². The highest BCUT2D eigenvalue weighted by Crippen LogP contribution is 2.84. The number of hydrogen-bond donors (Lipinski definition) is 0. The van der Waals surface area contributed by atoms with Crippen molar-refractivity contribution in [2.24, 2.45) is 23.2 Å². The summed E-state index contributed by atoms with van der Waals surface area (Å²) in [5.41, 5.74) is 1.67. The van der Waals surface area contributed by atoms with Crippen molar-refractivity contribution in [3.8, 4) is 0 Å². The lowest BCUT2D eigenvalue weighted by Gasteiger charge is -2.53. The number of ether oxygens (including phenoxy) is 4. The molecular weight excluding hydrogens is 332 g/mol. The zero-order chi connectivity index (χ0) is 17.9. The Bertz CT molecular complexity index is 817. The summed E-state index contributed by atoms with van der Waals surface area (Å²) in [6.07, 6.45) is 3.37. The lowest BCUT2D eigenvalue weighted by atomic mass is 9.45. The van der Waals surface area contributed by atoms with Crippen LogP contribution in [0.3, 0.4) is 0 Å². The molecule has 3 saturated heterocycles. The zero-order valence-corrected chi connectivity index (χ0v) is 15.8. The van der Waals surface area contributed by atoms with E-state index in [1.165, 1.54) is 5.57 Å². The van der Waals surface area contributed by atoms with Crippen molar-refractivity contribution in [2.75, 3.05) is 6.61 Å². The summed E-state index contributed by atoms with van der Waals surface area (Å²) in [4.78, 5) is 12.1. The molecular formula is C21H26O5. The van der Waals surface area contributed by atoms with Gasteiger partial charge in [-0.1, -0.05) is 27.7 Å². The highest BCUT2D eigenvalue weighted by atomic mass is 16.7. The van der Waals surface area contributed by atoms with E-state index in [1.54, 1.807) is 0 Å². The molecule has 9 unspecified atom stereocenters. The number of rotatable bonds is 1. The van der Waals surface area contributed by atoms with E-state index in [2.05, 4.69) is 27.7 Å². The predicted octanol–water partition coefficient (Wildman–Crippen LogP) is 2.38. The van der Waals surface area contributed by atoms with Crippen LogP contribution in [0.15, 0.2) is 11.1 Å². The van der Waals surface area contributed by atoms with E-state index >= 15 is 0 Å². The maximum atomic E-state index is 12.1. The van der Waals surface area contributed by atoms with E-state index in [0.717, 1.165) is 24.8 Å². The number of cyclic esters (lactones) is 1. The molecule has 2 spiro atoms. The minimum absolute atomic E-state index is 0.000823. The first-order valence-electron chi connectivity index (χ1n) is 10.3. The van der Waals surface area contributed by atoms with Gasteiger partial charge in [0.05, 0.1) is 6.10 Å². The number of esters is 1. The van der Waals surface area contributed by atoms with Crippen molar-refractivity contribution in [3.05, 3.63) is 11.1 Å². The summed E-state index contributed by atoms with van der Waals surface area (Å²) in [6, 6.07) is 0. The summed E-state index contributed by atoms with van der Waals surface area (Å²) in [5, 5.41) is 0. The molecule has 3 aliphatic carbocycles. The maximum Gasteiger partial charge on any atom is 0.334 e. The number of epoxide rings is 3. The topological polar surface area (TPSA) is 63.9 Å². The fraction of sp³-hybridized carbons (Fsp3) is 0.857. The van der Waals surface area contributed by atoms with Crippen LogP contribution in [0.2, 0.25) is 0 Å². The monoisotopic (exact) mass is 358 g/mol. The maximum absolute atomic E-state index is 12.1. The molecule has 5 heteroatoms. The number of carbonyl (C=O) groups is 1. The van der Waals surface area contributed by atoms with Gasteiger partial charge in [0.25, 0.3) is 0 Å². The third kappa shape index (κ3) is 1.15. The molecule has 0 N–H and O–H groups in total. The molecule has 5 fully saturated rings. The summed E-state index contributed by atoms with van der Waals surface area (Å²) in [6.45, 7) is 9.74. The zero-order valence-electron chi connectivity index (χ0n) is 15.8. The van der Waals surface area contributed by atoms with E-state index in [0.29, 0.717) is 24.4 Å². The summed E-state index contributed by atoms with van der Waals surface area (Å²) >= 11 is 0. The van der Waals surface area contributed by atoms with Crippen molar-refractivity contribution in [3.63, 3.8) is 0 Å². The number of hydrogen-bond acceptors (Lipinski definition) is 5. The average Bonchev–Trinajstić information content (AvgIpc) is 3.47. The van der Waals surface area contributed by atoms with Crippen LogP contribution in [0.4, 0.5) is 0 Å². The highest BCUT2D eigenvalue weighted by molar-refractivity contribution is 5.92. The van der Waals surface area contributed by atoms with Gasteiger partial charge in [0, 0.05) is 16.9 Å². The Balaban J connectivity index is 1.39. The second-order valence-corrected chi connectivity index (χ2v) is 10.2. The second-order valence-electron chi connectivity index (χ2n) is 10.2. The molecule has 140 valence electrons. The molecule has 9 atom stereocenters. The Morgan fingerprint density at radius 3 is 2.73 bits per heavy atom. The van der Waals surface area contributed by atoms with Gasteiger partial charge < -0.3 is 18.9 Å². The van der Waals surface area contributed by atoms with Crippen LogP contribution in [0.25, 0.3) is 0 Å². The fourth-order valence-corrected chi connectivity index (χ4v) is 8.27. The van der Waals surface area contributed by atoms with Crippen LogP contribution >= 0.6 is 0 Å². The van der Waals surface area contributed by atoms with E-state index in [9.17, 15) is 4.79 Å². The Labute approximate surface area is 153 Å². The molecule has 0 aromatic heterocycles. The average molecular weight is 358 g/mol. The first-order valence-corrected chi connectivity index (χ1v) is 10.3. The van der Waals surface area contributed by atoms with Crippen LogP contribution in [0.5, 0.6) is 0 Å². The summed E-state index contributed by atoms with van der Waals surface area (Å²) < 4.78 is 25.0. The molecule has 0 radical (unpaired) electrons. The smallest absolute Gasteiger partial charge is 0.334 e. The largest absolute Gasteiger partial charge is 0.458 e. The lowest BCUT2D eigenvalue weighted by Crippen LogP contribution is -2.66. The van der Waals surface area contributed by atoms with E-state index < -0.39 is 0 Å². The van der Waals surface area contributed by atoms with E-state index in [-0.39, 0.29) is 46.5 Å². The van der Waals surface area contributed by atoms with Gasteiger partial charge in [0.2, 0.25) is 0 Å². The van der Waals surface area contributed by atoms with Crippen LogP contribution in [0.1, 0.15) is 47.0 Å². The van der Waals surface area contributed by atoms with Crippen LogP contribution in [-0.2, 0) is 23.7 Å². The molecule has 26 heavy (non-hydrogen) atoms. The molecule has 0 aromatic rings. The van der Waals surface area contributed by atoms with Crippen LogP contribution in [-0.4, -0.2) is 47.7 Å². The Hall–Kier alpha value is -0.910. The van der Waals surface area contributed by atoms with E-state index in [4.69, 9.17) is 18.9 Å². The van der Waals surface area contributed by atoms with Gasteiger partial charge in [0.1, 0.15) is 35.6 Å². The second kappa shape index (κ2) is 3.81. The fourth-order valence-electron chi connectivity index (χ4n) is 8.27. The van der Waals surface area contributed by atoms with Gasteiger partial charge in [-0.2, -0.15) is 0 Å². The van der Waals surface area contributed by atoms with Crippen molar-refractivity contribution in [1.29, 1.82) is 0 Å². The van der Waals surface area contributed by atoms with Crippen LogP contribution < -0.4 is 0 Å². The van der Waals surface area contributed by atoms with Crippen molar-refractivity contribution in [2.45, 2.75) is 82.1 Å². The SMILES string of the molecule is CC(C)C12OC1C1OC13C1(C)CCC4=C(COC4=O)C1CC1OC13C2C. The molecule has 2 saturated carbocycles. The molecule has 5 nitrogen and oxygen atoms in total. The molecule has 4 heterocycles. The Morgan fingerprint density at radius 2 is 1.96 bits per heavy atom. The molecule has 4 aliphatic heterocycles. The molecule has 0 amide bonds. The molecule has 0 aromatic carbocycles.